The smallest absolute Gasteiger partial charge is 0.316 e. The molecule has 0 unspecified atom stereocenters. The molecule has 0 aromatic heterocycles. The van der Waals surface area contributed by atoms with Crippen LogP contribution in [0.3, 0.4) is 0 Å². The molecule has 2 aromatic carbocycles. The average molecular weight is 509 g/mol. The number of rotatable bonds is 8. The maximum atomic E-state index is 12.9. The summed E-state index contributed by atoms with van der Waals surface area (Å²) in [5.74, 6) is 0.538. The van der Waals surface area contributed by atoms with Gasteiger partial charge in [0.1, 0.15) is 17.2 Å². The van der Waals surface area contributed by atoms with Gasteiger partial charge in [0.05, 0.1) is 16.9 Å². The van der Waals surface area contributed by atoms with E-state index in [4.69, 9.17) is 14.2 Å². The molecule has 6 nitrogen and oxygen atoms in total. The molecule has 0 bridgehead atoms. The van der Waals surface area contributed by atoms with Gasteiger partial charge < -0.3 is 14.2 Å². The van der Waals surface area contributed by atoms with Crippen molar-refractivity contribution in [2.75, 3.05) is 0 Å². The number of esters is 2. The number of hydrogen-bond donors (Lipinski definition) is 0. The van der Waals surface area contributed by atoms with Crippen LogP contribution in [0.4, 0.5) is 0 Å². The fourth-order valence-corrected chi connectivity index (χ4v) is 3.08. The normalized spacial score (nSPS) is 12.2. The highest BCUT2D eigenvalue weighted by molar-refractivity contribution is 6.07. The quantitative estimate of drug-likeness (QED) is 0.160. The van der Waals surface area contributed by atoms with E-state index >= 15 is 0 Å². The molecule has 0 radical (unpaired) electrons. The van der Waals surface area contributed by atoms with Crippen LogP contribution in [0, 0.1) is 10.8 Å². The first-order chi connectivity index (χ1) is 17.0. The Labute approximate surface area is 221 Å². The third-order valence-electron chi connectivity index (χ3n) is 5.32. The third-order valence-corrected chi connectivity index (χ3v) is 5.32. The molecule has 0 saturated heterocycles. The molecule has 0 saturated carbocycles. The van der Waals surface area contributed by atoms with Crippen molar-refractivity contribution in [2.24, 2.45) is 10.8 Å². The summed E-state index contributed by atoms with van der Waals surface area (Å²) in [7, 11) is 0. The number of carbonyl (C=O) groups excluding carboxylic acids is 3. The van der Waals surface area contributed by atoms with Crippen LogP contribution in [0.1, 0.15) is 96.6 Å². The molecular weight excluding hydrogens is 468 g/mol. The highest BCUT2D eigenvalue weighted by Crippen LogP contribution is 2.36. The van der Waals surface area contributed by atoms with Crippen molar-refractivity contribution < 1.29 is 28.6 Å². The zero-order chi connectivity index (χ0) is 28.1. The molecule has 0 heterocycles. The Balaban J connectivity index is 2.36. The predicted molar refractivity (Wildman–Crippen MR) is 146 cm³/mol. The Morgan fingerprint density at radius 1 is 0.757 bits per heavy atom. The number of carbonyl (C=O) groups is 3. The van der Waals surface area contributed by atoms with Gasteiger partial charge in [-0.3, -0.25) is 14.4 Å². The molecule has 2 rings (SSSR count). The molecule has 0 aliphatic carbocycles. The first kappa shape index (κ1) is 29.8. The van der Waals surface area contributed by atoms with Gasteiger partial charge >= 0.3 is 11.9 Å². The van der Waals surface area contributed by atoms with E-state index in [1.807, 2.05) is 33.8 Å². The second-order valence-electron chi connectivity index (χ2n) is 11.8. The summed E-state index contributed by atoms with van der Waals surface area (Å²) in [6.07, 6.45) is 3.06. The van der Waals surface area contributed by atoms with E-state index < -0.39 is 10.8 Å². The van der Waals surface area contributed by atoms with Crippen LogP contribution in [0.5, 0.6) is 17.2 Å². The Morgan fingerprint density at radius 2 is 1.30 bits per heavy atom. The minimum atomic E-state index is -0.654. The highest BCUT2D eigenvalue weighted by Gasteiger charge is 2.26. The Kier molecular flexibility index (Phi) is 9.48. The molecule has 6 heteroatoms. The minimum absolute atomic E-state index is 0.0714. The molecule has 0 aliphatic rings. The summed E-state index contributed by atoms with van der Waals surface area (Å²) in [4.78, 5) is 37.6. The molecular formula is C31H40O6. The van der Waals surface area contributed by atoms with Gasteiger partial charge in [-0.1, -0.05) is 13.8 Å². The highest BCUT2D eigenvalue weighted by atomic mass is 16.5. The van der Waals surface area contributed by atoms with Gasteiger partial charge in [0.25, 0.3) is 0 Å². The molecule has 0 aliphatic heterocycles. The van der Waals surface area contributed by atoms with Crippen LogP contribution in [-0.4, -0.2) is 23.8 Å². The molecule has 37 heavy (non-hydrogen) atoms. The zero-order valence-corrected chi connectivity index (χ0v) is 23.7. The molecule has 0 N–H and O–H groups in total. The van der Waals surface area contributed by atoms with Gasteiger partial charge in [-0.15, -0.1) is 0 Å². The van der Waals surface area contributed by atoms with Crippen LogP contribution in [0.25, 0.3) is 6.08 Å². The zero-order valence-electron chi connectivity index (χ0n) is 23.7. The lowest BCUT2D eigenvalue weighted by molar-refractivity contribution is -0.143. The largest absolute Gasteiger partial charge is 0.490 e. The summed E-state index contributed by atoms with van der Waals surface area (Å²) in [5.41, 5.74) is 0.724. The molecule has 0 amide bonds. The summed E-state index contributed by atoms with van der Waals surface area (Å²) in [6, 6.07) is 10.1. The van der Waals surface area contributed by atoms with Crippen molar-refractivity contribution in [1.29, 1.82) is 0 Å². The average Bonchev–Trinajstić information content (AvgIpc) is 2.76. The molecule has 0 atom stereocenters. The van der Waals surface area contributed by atoms with Crippen molar-refractivity contribution in [2.45, 2.75) is 81.3 Å². The number of ether oxygens (including phenoxy) is 3. The van der Waals surface area contributed by atoms with E-state index in [1.54, 1.807) is 78.0 Å². The Hall–Kier alpha value is -3.41. The lowest BCUT2D eigenvalue weighted by atomic mass is 9.96. The van der Waals surface area contributed by atoms with E-state index in [1.165, 1.54) is 6.08 Å². The fraction of sp³-hybridized carbons (Fsp3) is 0.452. The van der Waals surface area contributed by atoms with Crippen LogP contribution in [-0.2, 0) is 9.59 Å². The predicted octanol–water partition coefficient (Wildman–Crippen LogP) is 7.40. The lowest BCUT2D eigenvalue weighted by Gasteiger charge is -2.22. The van der Waals surface area contributed by atoms with Gasteiger partial charge in [0, 0.05) is 17.2 Å². The van der Waals surface area contributed by atoms with Crippen LogP contribution in [0.15, 0.2) is 42.5 Å². The van der Waals surface area contributed by atoms with Crippen LogP contribution < -0.4 is 14.2 Å². The van der Waals surface area contributed by atoms with Gasteiger partial charge in [-0.2, -0.15) is 0 Å². The molecule has 200 valence electrons. The fourth-order valence-electron chi connectivity index (χ4n) is 3.08. The first-order valence-corrected chi connectivity index (χ1v) is 12.6. The van der Waals surface area contributed by atoms with E-state index in [0.29, 0.717) is 28.4 Å². The summed E-state index contributed by atoms with van der Waals surface area (Å²) in [6.45, 7) is 18.6. The summed E-state index contributed by atoms with van der Waals surface area (Å²) < 4.78 is 17.1. The summed E-state index contributed by atoms with van der Waals surface area (Å²) in [5, 5.41) is 0. The molecule has 0 fully saturated rings. The van der Waals surface area contributed by atoms with E-state index in [-0.39, 0.29) is 29.7 Å². The van der Waals surface area contributed by atoms with Crippen molar-refractivity contribution in [1.82, 2.24) is 0 Å². The van der Waals surface area contributed by atoms with Crippen molar-refractivity contribution in [3.05, 3.63) is 59.2 Å². The van der Waals surface area contributed by atoms with Gasteiger partial charge in [-0.05, 0) is 109 Å². The van der Waals surface area contributed by atoms with Crippen molar-refractivity contribution in [3.63, 3.8) is 0 Å². The standard InChI is InChI=1S/C31H40O6/c1-19(2)24-17-22(26(35-20(3)4)18-27(24)37-29(34)31(8,9)10)13-16-25(32)21-11-14-23(15-12-21)36-28(33)30(5,6)7/h11-20H,1-10H3/b16-13+. The van der Waals surface area contributed by atoms with Gasteiger partial charge in [0.15, 0.2) is 5.78 Å². The number of allylic oxidation sites excluding steroid dienone is 1. The number of hydrogen-bond acceptors (Lipinski definition) is 6. The number of ketones is 1. The van der Waals surface area contributed by atoms with Crippen molar-refractivity contribution >= 4 is 23.8 Å². The Bertz CT molecular complexity index is 1160. The van der Waals surface area contributed by atoms with E-state index in [2.05, 4.69) is 0 Å². The number of benzene rings is 2. The SMILES string of the molecule is CC(C)Oc1cc(OC(=O)C(C)(C)C)c(C(C)C)cc1/C=C/C(=O)c1ccc(OC(=O)C(C)(C)C)cc1. The second-order valence-corrected chi connectivity index (χ2v) is 11.8. The second kappa shape index (κ2) is 11.8. The molecule has 2 aromatic rings. The van der Waals surface area contributed by atoms with Crippen molar-refractivity contribution in [3.8, 4) is 17.2 Å². The third kappa shape index (κ3) is 8.59. The Morgan fingerprint density at radius 3 is 1.78 bits per heavy atom. The minimum Gasteiger partial charge on any atom is -0.490 e. The molecule has 0 spiro atoms. The monoisotopic (exact) mass is 508 g/mol. The van der Waals surface area contributed by atoms with Gasteiger partial charge in [-0.25, -0.2) is 0 Å². The van der Waals surface area contributed by atoms with Gasteiger partial charge in [0.2, 0.25) is 0 Å². The van der Waals surface area contributed by atoms with E-state index in [9.17, 15) is 14.4 Å². The first-order valence-electron chi connectivity index (χ1n) is 12.6. The van der Waals surface area contributed by atoms with Crippen LogP contribution in [0.2, 0.25) is 0 Å². The van der Waals surface area contributed by atoms with E-state index in [0.717, 1.165) is 5.56 Å². The summed E-state index contributed by atoms with van der Waals surface area (Å²) >= 11 is 0. The maximum Gasteiger partial charge on any atom is 0.316 e. The maximum absolute atomic E-state index is 12.9. The topological polar surface area (TPSA) is 78.9 Å². The van der Waals surface area contributed by atoms with Crippen LogP contribution >= 0.6 is 0 Å². The lowest BCUT2D eigenvalue weighted by Crippen LogP contribution is -2.26.